The van der Waals surface area contributed by atoms with Gasteiger partial charge < -0.3 is 9.64 Å². The summed E-state index contributed by atoms with van der Waals surface area (Å²) in [6.07, 6.45) is 2.71. The minimum Gasteiger partial charge on any atom is -0.497 e. The molecule has 3 rings (SSSR count). The third-order valence-corrected chi connectivity index (χ3v) is 7.56. The summed E-state index contributed by atoms with van der Waals surface area (Å²) in [5, 5.41) is 0. The first-order chi connectivity index (χ1) is 12.3. The Kier molecular flexibility index (Phi) is 5.28. The Morgan fingerprint density at radius 2 is 1.73 bits per heavy atom. The van der Waals surface area contributed by atoms with Crippen molar-refractivity contribution in [2.45, 2.75) is 37.8 Å². The van der Waals surface area contributed by atoms with E-state index >= 15 is 0 Å². The highest BCUT2D eigenvalue weighted by atomic mass is 32.2. The van der Waals surface area contributed by atoms with Crippen LogP contribution in [0.2, 0.25) is 0 Å². The van der Waals surface area contributed by atoms with Crippen molar-refractivity contribution < 1.29 is 17.9 Å². The van der Waals surface area contributed by atoms with Crippen LogP contribution in [-0.2, 0) is 21.5 Å². The maximum atomic E-state index is 12.5. The molecule has 2 aliphatic heterocycles. The molecule has 7 nitrogen and oxygen atoms in total. The van der Waals surface area contributed by atoms with Gasteiger partial charge in [0.15, 0.2) is 0 Å². The molecule has 0 radical (unpaired) electrons. The number of amides is 1. The summed E-state index contributed by atoms with van der Waals surface area (Å²) in [5.41, 5.74) is 0.832. The highest BCUT2D eigenvalue weighted by molar-refractivity contribution is 7.86. The molecule has 1 spiro atoms. The van der Waals surface area contributed by atoms with Crippen LogP contribution in [0.15, 0.2) is 24.3 Å². The molecule has 0 N–H and O–H groups in total. The zero-order valence-corrected chi connectivity index (χ0v) is 16.5. The molecule has 0 unspecified atom stereocenters. The van der Waals surface area contributed by atoms with E-state index in [1.54, 1.807) is 21.2 Å². The van der Waals surface area contributed by atoms with E-state index in [1.165, 1.54) is 8.61 Å². The molecule has 2 saturated heterocycles. The fourth-order valence-electron chi connectivity index (χ4n) is 3.93. The van der Waals surface area contributed by atoms with Crippen molar-refractivity contribution in [3.8, 4) is 5.75 Å². The maximum absolute atomic E-state index is 12.5. The van der Waals surface area contributed by atoms with E-state index in [4.69, 9.17) is 4.74 Å². The lowest BCUT2D eigenvalue weighted by atomic mass is 9.85. The molecular formula is C18H27N3O4S. The SMILES string of the molecule is COc1ccc(CN2C(=O)CCC23CCN(S(=O)(=O)N(C)C)CC3)cc1. The number of hydrogen-bond donors (Lipinski definition) is 0. The number of benzene rings is 1. The number of hydrogen-bond acceptors (Lipinski definition) is 4. The van der Waals surface area contributed by atoms with Gasteiger partial charge in [-0.1, -0.05) is 12.1 Å². The number of carbonyl (C=O) groups excluding carboxylic acids is 1. The van der Waals surface area contributed by atoms with Crippen molar-refractivity contribution >= 4 is 16.1 Å². The summed E-state index contributed by atoms with van der Waals surface area (Å²) >= 11 is 0. The van der Waals surface area contributed by atoms with Gasteiger partial charge in [-0.25, -0.2) is 0 Å². The van der Waals surface area contributed by atoms with Crippen LogP contribution < -0.4 is 4.74 Å². The highest BCUT2D eigenvalue weighted by Gasteiger charge is 2.48. The van der Waals surface area contributed by atoms with Crippen LogP contribution in [0.1, 0.15) is 31.2 Å². The Morgan fingerprint density at radius 3 is 2.27 bits per heavy atom. The number of rotatable bonds is 5. The predicted molar refractivity (Wildman–Crippen MR) is 98.9 cm³/mol. The van der Waals surface area contributed by atoms with Gasteiger partial charge in [0.1, 0.15) is 5.75 Å². The Balaban J connectivity index is 1.73. The minimum absolute atomic E-state index is 0.157. The Morgan fingerprint density at radius 1 is 1.12 bits per heavy atom. The van der Waals surface area contributed by atoms with E-state index in [-0.39, 0.29) is 11.4 Å². The van der Waals surface area contributed by atoms with Crippen LogP contribution in [0.5, 0.6) is 5.75 Å². The first kappa shape index (κ1) is 19.1. The quantitative estimate of drug-likeness (QED) is 0.774. The van der Waals surface area contributed by atoms with Crippen molar-refractivity contribution in [3.63, 3.8) is 0 Å². The second kappa shape index (κ2) is 7.17. The Bertz CT molecular complexity index is 753. The molecule has 2 fully saturated rings. The standard InChI is InChI=1S/C18H27N3O4S/c1-19(2)26(23,24)20-12-10-18(11-13-20)9-8-17(22)21(18)14-15-4-6-16(25-3)7-5-15/h4-7H,8-14H2,1-3H3. The fraction of sp³-hybridized carbons (Fsp3) is 0.611. The van der Waals surface area contributed by atoms with Crippen molar-refractivity contribution in [2.75, 3.05) is 34.3 Å². The van der Waals surface area contributed by atoms with Crippen LogP contribution >= 0.6 is 0 Å². The molecular weight excluding hydrogens is 354 g/mol. The van der Waals surface area contributed by atoms with E-state index in [9.17, 15) is 13.2 Å². The molecule has 0 atom stereocenters. The second-order valence-corrected chi connectivity index (χ2v) is 9.38. The van der Waals surface area contributed by atoms with Crippen molar-refractivity contribution in [1.82, 2.24) is 13.5 Å². The van der Waals surface area contributed by atoms with Crippen LogP contribution in [0.4, 0.5) is 0 Å². The number of piperidine rings is 1. The summed E-state index contributed by atoms with van der Waals surface area (Å²) < 4.78 is 32.6. The van der Waals surface area contributed by atoms with E-state index in [0.29, 0.717) is 38.9 Å². The summed E-state index contributed by atoms with van der Waals surface area (Å²) in [4.78, 5) is 14.5. The normalized spacial score (nSPS) is 20.9. The molecule has 2 heterocycles. The van der Waals surface area contributed by atoms with Crippen LogP contribution in [-0.4, -0.2) is 67.7 Å². The summed E-state index contributed by atoms with van der Waals surface area (Å²) in [6, 6.07) is 7.75. The van der Waals surface area contributed by atoms with Gasteiger partial charge in [0.05, 0.1) is 7.11 Å². The smallest absolute Gasteiger partial charge is 0.281 e. The minimum atomic E-state index is -3.39. The summed E-state index contributed by atoms with van der Waals surface area (Å²) in [6.45, 7) is 1.46. The van der Waals surface area contributed by atoms with E-state index in [2.05, 4.69) is 0 Å². The average Bonchev–Trinajstić information content (AvgIpc) is 2.92. The van der Waals surface area contributed by atoms with Crippen LogP contribution in [0.3, 0.4) is 0 Å². The zero-order chi connectivity index (χ0) is 18.9. The lowest BCUT2D eigenvalue weighted by Gasteiger charge is -2.45. The molecule has 1 aromatic rings. The molecule has 1 aromatic carbocycles. The van der Waals surface area contributed by atoms with E-state index in [0.717, 1.165) is 17.7 Å². The van der Waals surface area contributed by atoms with Crippen LogP contribution in [0.25, 0.3) is 0 Å². The first-order valence-corrected chi connectivity index (χ1v) is 10.3. The lowest BCUT2D eigenvalue weighted by Crippen LogP contribution is -2.55. The van der Waals surface area contributed by atoms with Gasteiger partial charge in [-0.3, -0.25) is 4.79 Å². The molecule has 2 aliphatic rings. The summed E-state index contributed by atoms with van der Waals surface area (Å²) in [5.74, 6) is 0.947. The van der Waals surface area contributed by atoms with Gasteiger partial charge >= 0.3 is 0 Å². The fourth-order valence-corrected chi connectivity index (χ4v) is 5.03. The zero-order valence-electron chi connectivity index (χ0n) is 15.6. The van der Waals surface area contributed by atoms with Crippen LogP contribution in [0, 0.1) is 0 Å². The number of ether oxygens (including phenoxy) is 1. The third kappa shape index (κ3) is 3.45. The number of nitrogens with zero attached hydrogens (tertiary/aromatic N) is 3. The van der Waals surface area contributed by atoms with Gasteiger partial charge in [0.25, 0.3) is 10.2 Å². The highest BCUT2D eigenvalue weighted by Crippen LogP contribution is 2.40. The molecule has 144 valence electrons. The molecule has 0 bridgehead atoms. The number of methoxy groups -OCH3 is 1. The van der Waals surface area contributed by atoms with Gasteiger partial charge in [-0.15, -0.1) is 0 Å². The Hall–Kier alpha value is -1.64. The topological polar surface area (TPSA) is 70.2 Å². The van der Waals surface area contributed by atoms with Crippen molar-refractivity contribution in [3.05, 3.63) is 29.8 Å². The Labute approximate surface area is 155 Å². The molecule has 0 aromatic heterocycles. The molecule has 0 saturated carbocycles. The summed E-state index contributed by atoms with van der Waals surface area (Å²) in [7, 11) is 1.33. The van der Waals surface area contributed by atoms with Gasteiger partial charge in [-0.05, 0) is 37.0 Å². The maximum Gasteiger partial charge on any atom is 0.281 e. The van der Waals surface area contributed by atoms with Crippen molar-refractivity contribution in [2.24, 2.45) is 0 Å². The largest absolute Gasteiger partial charge is 0.497 e. The number of carbonyl (C=O) groups is 1. The lowest BCUT2D eigenvalue weighted by molar-refractivity contribution is -0.133. The molecule has 8 heteroatoms. The number of likely N-dealkylation sites (tertiary alicyclic amines) is 1. The first-order valence-electron chi connectivity index (χ1n) is 8.89. The van der Waals surface area contributed by atoms with Gasteiger partial charge in [0.2, 0.25) is 5.91 Å². The second-order valence-electron chi connectivity index (χ2n) is 7.24. The van der Waals surface area contributed by atoms with E-state index in [1.807, 2.05) is 29.2 Å². The van der Waals surface area contributed by atoms with Gasteiger partial charge in [-0.2, -0.15) is 17.0 Å². The monoisotopic (exact) mass is 381 g/mol. The molecule has 1 amide bonds. The van der Waals surface area contributed by atoms with Crippen molar-refractivity contribution in [1.29, 1.82) is 0 Å². The molecule has 0 aliphatic carbocycles. The molecule has 26 heavy (non-hydrogen) atoms. The average molecular weight is 381 g/mol. The third-order valence-electron chi connectivity index (χ3n) is 5.62. The van der Waals surface area contributed by atoms with E-state index < -0.39 is 10.2 Å². The van der Waals surface area contributed by atoms with Gasteiger partial charge in [0, 0.05) is 45.7 Å². The predicted octanol–water partition coefficient (Wildman–Crippen LogP) is 1.46.